The SMILES string of the molecule is CCO[Si](CCCN(CP)CP(c1ccccc1)c1ccccc1)(OC)OC. The Bertz CT molecular complexity index is 620. The summed E-state index contributed by atoms with van der Waals surface area (Å²) in [5, 5.41) is 2.83. The van der Waals surface area contributed by atoms with Gasteiger partial charge in [-0.2, -0.15) is 0 Å². The van der Waals surface area contributed by atoms with Crippen LogP contribution in [-0.4, -0.2) is 53.6 Å². The summed E-state index contributed by atoms with van der Waals surface area (Å²) < 4.78 is 17.1. The number of benzene rings is 2. The Hall–Kier alpha value is -0.643. The van der Waals surface area contributed by atoms with E-state index in [9.17, 15) is 0 Å². The van der Waals surface area contributed by atoms with Crippen molar-refractivity contribution in [3.05, 3.63) is 60.7 Å². The van der Waals surface area contributed by atoms with Crippen molar-refractivity contribution in [1.29, 1.82) is 0 Å². The first-order valence-corrected chi connectivity index (χ1v) is 14.0. The van der Waals surface area contributed by atoms with E-state index >= 15 is 0 Å². The van der Waals surface area contributed by atoms with E-state index in [0.29, 0.717) is 6.61 Å². The second-order valence-corrected chi connectivity index (χ2v) is 12.0. The van der Waals surface area contributed by atoms with Gasteiger partial charge in [-0.1, -0.05) is 60.7 Å². The predicted molar refractivity (Wildman–Crippen MR) is 126 cm³/mol. The van der Waals surface area contributed by atoms with Crippen LogP contribution in [0.25, 0.3) is 0 Å². The molecule has 0 fully saturated rings. The average molecular weight is 438 g/mol. The Morgan fingerprint density at radius 1 is 0.929 bits per heavy atom. The second kappa shape index (κ2) is 12.8. The molecule has 0 saturated carbocycles. The molecule has 2 aromatic rings. The molecule has 0 heterocycles. The van der Waals surface area contributed by atoms with Gasteiger partial charge in [0, 0.05) is 39.4 Å². The van der Waals surface area contributed by atoms with E-state index in [0.717, 1.165) is 31.6 Å². The van der Waals surface area contributed by atoms with Gasteiger partial charge in [-0.05, 0) is 38.4 Å². The predicted octanol–water partition coefficient (Wildman–Crippen LogP) is 3.87. The highest BCUT2D eigenvalue weighted by Crippen LogP contribution is 2.34. The fourth-order valence-electron chi connectivity index (χ4n) is 3.16. The maximum atomic E-state index is 5.84. The topological polar surface area (TPSA) is 30.9 Å². The van der Waals surface area contributed by atoms with Crippen molar-refractivity contribution >= 4 is 36.6 Å². The van der Waals surface area contributed by atoms with E-state index in [1.807, 2.05) is 6.92 Å². The molecule has 7 heteroatoms. The van der Waals surface area contributed by atoms with Gasteiger partial charge in [-0.15, -0.1) is 9.24 Å². The Kier molecular flexibility index (Phi) is 10.8. The van der Waals surface area contributed by atoms with Gasteiger partial charge in [-0.25, -0.2) is 0 Å². The van der Waals surface area contributed by atoms with Crippen molar-refractivity contribution in [3.8, 4) is 0 Å². The van der Waals surface area contributed by atoms with Gasteiger partial charge in [0.15, 0.2) is 0 Å². The highest BCUT2D eigenvalue weighted by atomic mass is 31.1. The minimum absolute atomic E-state index is 0.424. The van der Waals surface area contributed by atoms with E-state index in [1.165, 1.54) is 10.6 Å². The summed E-state index contributed by atoms with van der Waals surface area (Å²) in [4.78, 5) is 2.51. The Balaban J connectivity index is 2.05. The van der Waals surface area contributed by atoms with Crippen LogP contribution in [0, 0.1) is 0 Å². The standard InChI is InChI=1S/C21H33NO3P2Si/c1-4-25-28(23-2,24-3)17-11-16-22(18-26)19-27(20-12-7-5-8-13-20)21-14-9-6-10-15-21/h5-10,12-15H,4,11,16-19,26H2,1-3H3. The molecule has 1 atom stereocenters. The molecule has 4 nitrogen and oxygen atoms in total. The highest BCUT2D eigenvalue weighted by Gasteiger charge is 2.38. The van der Waals surface area contributed by atoms with Gasteiger partial charge in [0.1, 0.15) is 0 Å². The third-order valence-electron chi connectivity index (χ3n) is 4.68. The Labute approximate surface area is 174 Å². The summed E-state index contributed by atoms with van der Waals surface area (Å²) in [6.45, 7) is 3.60. The summed E-state index contributed by atoms with van der Waals surface area (Å²) in [7, 11) is 3.33. The maximum absolute atomic E-state index is 5.84. The minimum atomic E-state index is -2.52. The summed E-state index contributed by atoms with van der Waals surface area (Å²) in [5.41, 5.74) is 0. The van der Waals surface area contributed by atoms with Crippen LogP contribution in [0.15, 0.2) is 60.7 Å². The molecule has 0 aromatic heterocycles. The summed E-state index contributed by atoms with van der Waals surface area (Å²) >= 11 is 0. The maximum Gasteiger partial charge on any atom is 0.500 e. The van der Waals surface area contributed by atoms with Crippen molar-refractivity contribution in [1.82, 2.24) is 4.90 Å². The van der Waals surface area contributed by atoms with Crippen LogP contribution in [-0.2, 0) is 13.3 Å². The first-order chi connectivity index (χ1) is 13.7. The third-order valence-corrected chi connectivity index (χ3v) is 10.7. The fraction of sp³-hybridized carbons (Fsp3) is 0.429. The summed E-state index contributed by atoms with van der Waals surface area (Å²) in [6, 6.07) is 22.6. The molecule has 28 heavy (non-hydrogen) atoms. The summed E-state index contributed by atoms with van der Waals surface area (Å²) in [5.74, 6) is 0. The van der Waals surface area contributed by atoms with E-state index in [4.69, 9.17) is 13.3 Å². The fourth-order valence-corrected chi connectivity index (χ4v) is 8.03. The lowest BCUT2D eigenvalue weighted by molar-refractivity contribution is 0.102. The molecule has 1 unspecified atom stereocenters. The number of nitrogens with zero attached hydrogens (tertiary/aromatic N) is 1. The van der Waals surface area contributed by atoms with Gasteiger partial charge >= 0.3 is 8.80 Å². The zero-order chi connectivity index (χ0) is 20.2. The van der Waals surface area contributed by atoms with Crippen LogP contribution in [0.3, 0.4) is 0 Å². The first-order valence-electron chi connectivity index (χ1n) is 9.72. The number of rotatable bonds is 13. The van der Waals surface area contributed by atoms with Crippen LogP contribution in [0.2, 0.25) is 6.04 Å². The molecule has 0 saturated heterocycles. The van der Waals surface area contributed by atoms with Crippen LogP contribution >= 0.6 is 17.2 Å². The molecular weight excluding hydrogens is 404 g/mol. The molecule has 154 valence electrons. The molecule has 0 aliphatic carbocycles. The zero-order valence-electron chi connectivity index (χ0n) is 17.2. The van der Waals surface area contributed by atoms with Crippen molar-refractivity contribution < 1.29 is 13.3 Å². The van der Waals surface area contributed by atoms with E-state index in [-0.39, 0.29) is 0 Å². The van der Waals surface area contributed by atoms with Crippen LogP contribution in [0.4, 0.5) is 0 Å². The quantitative estimate of drug-likeness (QED) is 0.352. The lowest BCUT2D eigenvalue weighted by atomic mass is 10.4. The van der Waals surface area contributed by atoms with Crippen molar-refractivity contribution in [2.24, 2.45) is 0 Å². The Morgan fingerprint density at radius 2 is 1.46 bits per heavy atom. The molecule has 0 amide bonds. The van der Waals surface area contributed by atoms with Gasteiger partial charge in [0.05, 0.1) is 0 Å². The molecule has 0 aliphatic heterocycles. The first kappa shape index (κ1) is 23.6. The molecule has 0 spiro atoms. The highest BCUT2D eigenvalue weighted by molar-refractivity contribution is 7.72. The van der Waals surface area contributed by atoms with Gasteiger partial charge < -0.3 is 13.3 Å². The summed E-state index contributed by atoms with van der Waals surface area (Å²) in [6.07, 6.45) is 2.98. The molecule has 0 radical (unpaired) electrons. The van der Waals surface area contributed by atoms with Crippen LogP contribution in [0.5, 0.6) is 0 Å². The second-order valence-electron chi connectivity index (χ2n) is 6.45. The smallest absolute Gasteiger partial charge is 0.377 e. The van der Waals surface area contributed by atoms with Gasteiger partial charge in [0.25, 0.3) is 0 Å². The lowest BCUT2D eigenvalue weighted by Crippen LogP contribution is -2.44. The van der Waals surface area contributed by atoms with Crippen molar-refractivity contribution in [2.75, 3.05) is 39.9 Å². The van der Waals surface area contributed by atoms with E-state index in [1.54, 1.807) is 14.2 Å². The van der Waals surface area contributed by atoms with E-state index < -0.39 is 16.7 Å². The molecule has 0 aliphatic rings. The molecule has 2 aromatic carbocycles. The van der Waals surface area contributed by atoms with Gasteiger partial charge in [0.2, 0.25) is 0 Å². The largest absolute Gasteiger partial charge is 0.500 e. The molecule has 0 bridgehead atoms. The normalized spacial score (nSPS) is 12.1. The van der Waals surface area contributed by atoms with E-state index in [2.05, 4.69) is 74.8 Å². The molecule has 2 rings (SSSR count). The number of hydrogen-bond acceptors (Lipinski definition) is 4. The monoisotopic (exact) mass is 437 g/mol. The average Bonchev–Trinajstić information content (AvgIpc) is 2.76. The minimum Gasteiger partial charge on any atom is -0.377 e. The lowest BCUT2D eigenvalue weighted by Gasteiger charge is -2.29. The molecular formula is C21H33NO3P2Si. The third kappa shape index (κ3) is 7.00. The van der Waals surface area contributed by atoms with Gasteiger partial charge in [-0.3, -0.25) is 4.90 Å². The Morgan fingerprint density at radius 3 is 1.89 bits per heavy atom. The number of hydrogen-bond donors (Lipinski definition) is 0. The van der Waals surface area contributed by atoms with Crippen molar-refractivity contribution in [2.45, 2.75) is 19.4 Å². The van der Waals surface area contributed by atoms with Crippen LogP contribution in [0.1, 0.15) is 13.3 Å². The molecule has 0 N–H and O–H groups in total. The van der Waals surface area contributed by atoms with Crippen LogP contribution < -0.4 is 10.6 Å². The zero-order valence-corrected chi connectivity index (χ0v) is 20.3. The van der Waals surface area contributed by atoms with Crippen molar-refractivity contribution in [3.63, 3.8) is 0 Å².